The van der Waals surface area contributed by atoms with Gasteiger partial charge in [-0.05, 0) is 12.8 Å². The Morgan fingerprint density at radius 1 is 0.900 bits per heavy atom. The van der Waals surface area contributed by atoms with Gasteiger partial charge in [-0.15, -0.1) is 0 Å². The highest BCUT2D eigenvalue weighted by Crippen LogP contribution is 2.44. The quantitative estimate of drug-likeness (QED) is 0.520. The molecule has 0 aromatic carbocycles. The van der Waals surface area contributed by atoms with E-state index in [0.717, 1.165) is 18.8 Å². The van der Waals surface area contributed by atoms with E-state index in [1.807, 2.05) is 0 Å². The van der Waals surface area contributed by atoms with Gasteiger partial charge in [0.2, 0.25) is 0 Å². The minimum atomic E-state index is -1.10. The van der Waals surface area contributed by atoms with Gasteiger partial charge in [-0.3, -0.25) is 0 Å². The van der Waals surface area contributed by atoms with Crippen molar-refractivity contribution >= 4 is 34.8 Å². The van der Waals surface area contributed by atoms with Gasteiger partial charge in [0.25, 0.3) is 0 Å². The highest BCUT2D eigenvalue weighted by Gasteiger charge is 2.33. The molecular weight excluding hydrogens is 190 g/mol. The fourth-order valence-corrected chi connectivity index (χ4v) is 1.83. The van der Waals surface area contributed by atoms with Crippen LogP contribution in [0.3, 0.4) is 0 Å². The monoisotopic (exact) mass is 199 g/mol. The third-order valence-corrected chi connectivity index (χ3v) is 2.66. The Morgan fingerprint density at radius 2 is 1.40 bits per heavy atom. The molecule has 1 rings (SSSR count). The fourth-order valence-electron chi connectivity index (χ4n) is 1.26. The van der Waals surface area contributed by atoms with Crippen molar-refractivity contribution in [2.45, 2.75) is 35.9 Å². The summed E-state index contributed by atoms with van der Waals surface area (Å²) >= 11 is 17.1. The summed E-state index contributed by atoms with van der Waals surface area (Å²) in [4.78, 5) is 0. The molecule has 0 aromatic rings. The van der Waals surface area contributed by atoms with Crippen LogP contribution in [0.25, 0.3) is 0 Å². The first kappa shape index (κ1) is 8.96. The van der Waals surface area contributed by atoms with Crippen molar-refractivity contribution in [1.29, 1.82) is 0 Å². The van der Waals surface area contributed by atoms with Crippen molar-refractivity contribution in [3.8, 4) is 0 Å². The van der Waals surface area contributed by atoms with Gasteiger partial charge in [-0.1, -0.05) is 54.1 Å². The van der Waals surface area contributed by atoms with E-state index >= 15 is 0 Å². The Bertz CT molecular complexity index is 99.9. The Kier molecular flexibility index (Phi) is 3.15. The molecule has 0 atom stereocenters. The lowest BCUT2D eigenvalue weighted by atomic mass is 9.90. The molecule has 0 saturated heterocycles. The van der Waals surface area contributed by atoms with Crippen molar-refractivity contribution in [1.82, 2.24) is 0 Å². The van der Waals surface area contributed by atoms with E-state index in [0.29, 0.717) is 0 Å². The average Bonchev–Trinajstić information content (AvgIpc) is 1.88. The fraction of sp³-hybridized carbons (Fsp3) is 0.857. The molecule has 1 aliphatic carbocycles. The second kappa shape index (κ2) is 3.51. The van der Waals surface area contributed by atoms with E-state index in [1.54, 1.807) is 0 Å². The maximum Gasteiger partial charge on any atom is 0.196 e. The number of alkyl halides is 3. The predicted octanol–water partition coefficient (Wildman–Crippen LogP) is 3.90. The maximum absolute atomic E-state index is 5.71. The van der Waals surface area contributed by atoms with E-state index in [1.165, 1.54) is 19.3 Å². The molecule has 0 N–H and O–H groups in total. The van der Waals surface area contributed by atoms with Gasteiger partial charge in [0.1, 0.15) is 0 Å². The summed E-state index contributed by atoms with van der Waals surface area (Å²) in [6, 6.07) is 0. The second-order valence-electron chi connectivity index (χ2n) is 2.66. The molecule has 0 nitrogen and oxygen atoms in total. The molecular formula is C7H10Cl3. The van der Waals surface area contributed by atoms with Crippen LogP contribution in [0.5, 0.6) is 0 Å². The molecule has 59 valence electrons. The van der Waals surface area contributed by atoms with Crippen LogP contribution in [0.1, 0.15) is 32.1 Å². The van der Waals surface area contributed by atoms with Crippen LogP contribution < -0.4 is 0 Å². The summed E-state index contributed by atoms with van der Waals surface area (Å²) in [5.41, 5.74) is 0. The molecule has 0 aliphatic heterocycles. The van der Waals surface area contributed by atoms with Gasteiger partial charge >= 0.3 is 0 Å². The SMILES string of the molecule is ClC(Cl)(Cl)[C]1CCCCC1. The van der Waals surface area contributed by atoms with Crippen LogP contribution in [-0.4, -0.2) is 3.79 Å². The van der Waals surface area contributed by atoms with E-state index in [2.05, 4.69) is 0 Å². The molecule has 0 unspecified atom stereocenters. The minimum absolute atomic E-state index is 0.997. The Morgan fingerprint density at radius 3 is 1.70 bits per heavy atom. The zero-order valence-corrected chi connectivity index (χ0v) is 7.94. The molecule has 1 radical (unpaired) electrons. The molecule has 0 aromatic heterocycles. The summed E-state index contributed by atoms with van der Waals surface area (Å²) in [7, 11) is 0. The normalized spacial score (nSPS) is 23.1. The molecule has 1 saturated carbocycles. The number of hydrogen-bond acceptors (Lipinski definition) is 0. The smallest absolute Gasteiger partial charge is 0.0830 e. The highest BCUT2D eigenvalue weighted by molar-refractivity contribution is 6.69. The van der Waals surface area contributed by atoms with Crippen molar-refractivity contribution in [3.05, 3.63) is 5.92 Å². The Hall–Kier alpha value is 0.870. The van der Waals surface area contributed by atoms with E-state index < -0.39 is 3.79 Å². The second-order valence-corrected chi connectivity index (χ2v) is 4.94. The topological polar surface area (TPSA) is 0 Å². The minimum Gasteiger partial charge on any atom is -0.0830 e. The molecule has 10 heavy (non-hydrogen) atoms. The van der Waals surface area contributed by atoms with Crippen molar-refractivity contribution < 1.29 is 0 Å². The van der Waals surface area contributed by atoms with Gasteiger partial charge in [-0.2, -0.15) is 0 Å². The van der Waals surface area contributed by atoms with Gasteiger partial charge < -0.3 is 0 Å². The molecule has 0 heterocycles. The molecule has 1 aliphatic rings. The maximum atomic E-state index is 5.71. The number of hydrogen-bond donors (Lipinski definition) is 0. The van der Waals surface area contributed by atoms with Crippen LogP contribution in [-0.2, 0) is 0 Å². The van der Waals surface area contributed by atoms with Crippen LogP contribution in [0.4, 0.5) is 0 Å². The summed E-state index contributed by atoms with van der Waals surface area (Å²) < 4.78 is -1.10. The molecule has 0 bridgehead atoms. The lowest BCUT2D eigenvalue weighted by molar-refractivity contribution is 0.525. The summed E-state index contributed by atoms with van der Waals surface area (Å²) in [5.74, 6) is 1.09. The van der Waals surface area contributed by atoms with Crippen LogP contribution in [0.15, 0.2) is 0 Å². The van der Waals surface area contributed by atoms with Gasteiger partial charge in [-0.25, -0.2) is 0 Å². The third kappa shape index (κ3) is 2.48. The van der Waals surface area contributed by atoms with E-state index in [9.17, 15) is 0 Å². The predicted molar refractivity (Wildman–Crippen MR) is 46.6 cm³/mol. The Balaban J connectivity index is 2.39. The van der Waals surface area contributed by atoms with Gasteiger partial charge in [0.05, 0.1) is 0 Å². The first-order valence-corrected chi connectivity index (χ1v) is 4.66. The van der Waals surface area contributed by atoms with Gasteiger partial charge in [0, 0.05) is 5.92 Å². The largest absolute Gasteiger partial charge is 0.196 e. The van der Waals surface area contributed by atoms with Gasteiger partial charge in [0.15, 0.2) is 3.79 Å². The standard InChI is InChI=1S/C7H10Cl3/c8-7(9,10)6-4-2-1-3-5-6/h1-5H2. The van der Waals surface area contributed by atoms with Crippen LogP contribution in [0.2, 0.25) is 0 Å². The summed E-state index contributed by atoms with van der Waals surface area (Å²) in [5, 5.41) is 0. The van der Waals surface area contributed by atoms with Crippen molar-refractivity contribution in [2.24, 2.45) is 0 Å². The first-order chi connectivity index (χ1) is 4.61. The highest BCUT2D eigenvalue weighted by atomic mass is 35.6. The molecule has 0 amide bonds. The summed E-state index contributed by atoms with van der Waals surface area (Å²) in [6.07, 6.45) is 5.64. The lowest BCUT2D eigenvalue weighted by Crippen LogP contribution is -2.19. The van der Waals surface area contributed by atoms with E-state index in [4.69, 9.17) is 34.8 Å². The third-order valence-electron chi connectivity index (χ3n) is 1.86. The number of rotatable bonds is 0. The van der Waals surface area contributed by atoms with Crippen LogP contribution >= 0.6 is 34.8 Å². The average molecular weight is 201 g/mol. The summed E-state index contributed by atoms with van der Waals surface area (Å²) in [6.45, 7) is 0. The number of halogens is 3. The van der Waals surface area contributed by atoms with Crippen LogP contribution in [0, 0.1) is 5.92 Å². The first-order valence-electron chi connectivity index (χ1n) is 3.52. The Labute approximate surface area is 76.8 Å². The zero-order chi connectivity index (χ0) is 7.61. The molecule has 1 fully saturated rings. The zero-order valence-electron chi connectivity index (χ0n) is 5.67. The van der Waals surface area contributed by atoms with Crippen molar-refractivity contribution in [2.75, 3.05) is 0 Å². The molecule has 0 spiro atoms. The van der Waals surface area contributed by atoms with E-state index in [-0.39, 0.29) is 0 Å². The van der Waals surface area contributed by atoms with Crippen molar-refractivity contribution in [3.63, 3.8) is 0 Å². The molecule has 3 heteroatoms. The lowest BCUT2D eigenvalue weighted by Gasteiger charge is -2.26.